The van der Waals surface area contributed by atoms with Crippen molar-refractivity contribution < 1.29 is 4.79 Å². The molecule has 0 aliphatic carbocycles. The largest absolute Gasteiger partial charge is 0.354 e. The first-order chi connectivity index (χ1) is 10.1. The van der Waals surface area contributed by atoms with Gasteiger partial charge in [-0.15, -0.1) is 11.3 Å². The summed E-state index contributed by atoms with van der Waals surface area (Å²) in [6.45, 7) is 6.79. The van der Waals surface area contributed by atoms with E-state index in [1.165, 1.54) is 4.88 Å². The maximum Gasteiger partial charge on any atom is 0.244 e. The predicted molar refractivity (Wildman–Crippen MR) is 84.5 cm³/mol. The van der Waals surface area contributed by atoms with Crippen LogP contribution in [0.4, 0.5) is 0 Å². The lowest BCUT2D eigenvalue weighted by Crippen LogP contribution is -2.33. The molecule has 114 valence electrons. The molecule has 0 saturated carbocycles. The maximum absolute atomic E-state index is 12.2. The van der Waals surface area contributed by atoms with Crippen molar-refractivity contribution in [3.8, 4) is 0 Å². The molecule has 2 heterocycles. The van der Waals surface area contributed by atoms with Gasteiger partial charge in [0.25, 0.3) is 0 Å². The molecular weight excluding hydrogens is 284 g/mol. The molecular formula is C15H22N4OS. The number of hydrogen-bond acceptors (Lipinski definition) is 4. The van der Waals surface area contributed by atoms with Crippen molar-refractivity contribution in [2.75, 3.05) is 6.54 Å². The van der Waals surface area contributed by atoms with E-state index >= 15 is 0 Å². The van der Waals surface area contributed by atoms with E-state index in [4.69, 9.17) is 0 Å². The van der Waals surface area contributed by atoms with Crippen LogP contribution in [-0.2, 0) is 11.2 Å². The highest BCUT2D eigenvalue weighted by atomic mass is 32.1. The Morgan fingerprint density at radius 1 is 1.48 bits per heavy atom. The zero-order chi connectivity index (χ0) is 15.2. The van der Waals surface area contributed by atoms with E-state index in [-0.39, 0.29) is 11.9 Å². The van der Waals surface area contributed by atoms with Gasteiger partial charge in [-0.3, -0.25) is 9.48 Å². The van der Waals surface area contributed by atoms with Crippen LogP contribution in [0.3, 0.4) is 0 Å². The Kier molecular flexibility index (Phi) is 5.50. The SMILES string of the molecule is CC[C@@H](C(=O)NCCCc1nc(C)c(C)s1)n1cccn1. The summed E-state index contributed by atoms with van der Waals surface area (Å²) >= 11 is 1.74. The molecule has 21 heavy (non-hydrogen) atoms. The van der Waals surface area contributed by atoms with Gasteiger partial charge in [-0.1, -0.05) is 6.92 Å². The number of aromatic nitrogens is 3. The number of nitrogens with zero attached hydrogens (tertiary/aromatic N) is 3. The van der Waals surface area contributed by atoms with Gasteiger partial charge in [0.05, 0.1) is 10.7 Å². The third-order valence-electron chi connectivity index (χ3n) is 3.47. The Morgan fingerprint density at radius 3 is 2.86 bits per heavy atom. The van der Waals surface area contributed by atoms with Crippen LogP contribution in [0.25, 0.3) is 0 Å². The second-order valence-corrected chi connectivity index (χ2v) is 6.34. The van der Waals surface area contributed by atoms with Crippen molar-refractivity contribution in [3.63, 3.8) is 0 Å². The summed E-state index contributed by atoms with van der Waals surface area (Å²) in [4.78, 5) is 17.9. The zero-order valence-corrected chi connectivity index (χ0v) is 13.6. The van der Waals surface area contributed by atoms with Crippen LogP contribution in [0, 0.1) is 13.8 Å². The quantitative estimate of drug-likeness (QED) is 0.800. The molecule has 0 spiro atoms. The van der Waals surface area contributed by atoms with Crippen molar-refractivity contribution in [1.82, 2.24) is 20.1 Å². The average Bonchev–Trinajstić information content (AvgIpc) is 3.07. The van der Waals surface area contributed by atoms with Crippen LogP contribution in [0.5, 0.6) is 0 Å². The Bertz CT molecular complexity index is 557. The highest BCUT2D eigenvalue weighted by molar-refractivity contribution is 7.11. The third kappa shape index (κ3) is 4.14. The van der Waals surface area contributed by atoms with Crippen molar-refractivity contribution in [1.29, 1.82) is 0 Å². The number of carbonyl (C=O) groups is 1. The van der Waals surface area contributed by atoms with E-state index in [1.54, 1.807) is 22.2 Å². The summed E-state index contributed by atoms with van der Waals surface area (Å²) in [5, 5.41) is 8.29. The van der Waals surface area contributed by atoms with E-state index in [9.17, 15) is 4.79 Å². The van der Waals surface area contributed by atoms with Crippen LogP contribution in [0.2, 0.25) is 0 Å². The molecule has 0 aromatic carbocycles. The minimum Gasteiger partial charge on any atom is -0.354 e. The number of aryl methyl sites for hydroxylation is 3. The highest BCUT2D eigenvalue weighted by Crippen LogP contribution is 2.17. The van der Waals surface area contributed by atoms with Crippen molar-refractivity contribution in [2.24, 2.45) is 0 Å². The lowest BCUT2D eigenvalue weighted by atomic mass is 10.2. The molecule has 1 amide bonds. The highest BCUT2D eigenvalue weighted by Gasteiger charge is 2.17. The molecule has 1 atom stereocenters. The minimum atomic E-state index is -0.218. The molecule has 0 aliphatic rings. The van der Waals surface area contributed by atoms with Gasteiger partial charge >= 0.3 is 0 Å². The molecule has 5 nitrogen and oxygen atoms in total. The topological polar surface area (TPSA) is 59.8 Å². The van der Waals surface area contributed by atoms with Gasteiger partial charge in [0.1, 0.15) is 6.04 Å². The zero-order valence-electron chi connectivity index (χ0n) is 12.8. The van der Waals surface area contributed by atoms with Crippen LogP contribution >= 0.6 is 11.3 Å². The molecule has 0 radical (unpaired) electrons. The van der Waals surface area contributed by atoms with Gasteiger partial charge in [0.2, 0.25) is 5.91 Å². The second-order valence-electron chi connectivity index (χ2n) is 5.05. The van der Waals surface area contributed by atoms with Gasteiger partial charge in [-0.05, 0) is 32.8 Å². The van der Waals surface area contributed by atoms with Gasteiger partial charge in [-0.2, -0.15) is 5.10 Å². The van der Waals surface area contributed by atoms with Crippen molar-refractivity contribution >= 4 is 17.2 Å². The summed E-state index contributed by atoms with van der Waals surface area (Å²) in [5.74, 6) is 0.0349. The Morgan fingerprint density at radius 2 is 2.29 bits per heavy atom. The standard InChI is InChI=1S/C15H22N4OS/c1-4-13(19-10-6-9-17-19)15(20)16-8-5-7-14-18-11(2)12(3)21-14/h6,9-10,13H,4-5,7-8H2,1-3H3,(H,16,20)/t13-/m0/s1. The molecule has 0 bridgehead atoms. The van der Waals surface area contributed by atoms with Crippen molar-refractivity contribution in [2.45, 2.75) is 46.1 Å². The molecule has 2 aromatic rings. The first kappa shape index (κ1) is 15.7. The molecule has 0 unspecified atom stereocenters. The number of nitrogens with one attached hydrogen (secondary N) is 1. The Labute approximate surface area is 129 Å². The maximum atomic E-state index is 12.2. The molecule has 0 saturated heterocycles. The minimum absolute atomic E-state index is 0.0349. The van der Waals surface area contributed by atoms with Gasteiger partial charge in [0.15, 0.2) is 0 Å². The van der Waals surface area contributed by atoms with Gasteiger partial charge in [-0.25, -0.2) is 4.98 Å². The Balaban J connectivity index is 1.76. The smallest absolute Gasteiger partial charge is 0.244 e. The van der Waals surface area contributed by atoms with E-state index in [2.05, 4.69) is 22.3 Å². The van der Waals surface area contributed by atoms with E-state index in [0.29, 0.717) is 6.54 Å². The average molecular weight is 306 g/mol. The summed E-state index contributed by atoms with van der Waals surface area (Å²) in [5.41, 5.74) is 1.11. The van der Waals surface area contributed by atoms with Crippen LogP contribution < -0.4 is 5.32 Å². The van der Waals surface area contributed by atoms with Crippen LogP contribution in [0.1, 0.15) is 41.4 Å². The fraction of sp³-hybridized carbons (Fsp3) is 0.533. The number of hydrogen-bond donors (Lipinski definition) is 1. The van der Waals surface area contributed by atoms with E-state index in [0.717, 1.165) is 30.0 Å². The van der Waals surface area contributed by atoms with E-state index < -0.39 is 0 Å². The first-order valence-electron chi connectivity index (χ1n) is 7.31. The molecule has 6 heteroatoms. The summed E-state index contributed by atoms with van der Waals surface area (Å²) in [7, 11) is 0. The van der Waals surface area contributed by atoms with Gasteiger partial charge < -0.3 is 5.32 Å². The first-order valence-corrected chi connectivity index (χ1v) is 8.13. The molecule has 0 aliphatic heterocycles. The third-order valence-corrected chi connectivity index (χ3v) is 4.61. The fourth-order valence-corrected chi connectivity index (χ4v) is 3.15. The number of carbonyl (C=O) groups excluding carboxylic acids is 1. The van der Waals surface area contributed by atoms with Gasteiger partial charge in [0, 0.05) is 30.2 Å². The summed E-state index contributed by atoms with van der Waals surface area (Å²) in [6.07, 6.45) is 6.09. The fourth-order valence-electron chi connectivity index (χ4n) is 2.17. The predicted octanol–water partition coefficient (Wildman–Crippen LogP) is 2.66. The van der Waals surface area contributed by atoms with Crippen LogP contribution in [-0.4, -0.2) is 27.2 Å². The Hall–Kier alpha value is -1.69. The number of rotatable bonds is 7. The van der Waals surface area contributed by atoms with Crippen molar-refractivity contribution in [3.05, 3.63) is 34.0 Å². The summed E-state index contributed by atoms with van der Waals surface area (Å²) in [6, 6.07) is 1.62. The lowest BCUT2D eigenvalue weighted by Gasteiger charge is -2.15. The monoisotopic (exact) mass is 306 g/mol. The summed E-state index contributed by atoms with van der Waals surface area (Å²) < 4.78 is 1.71. The molecule has 1 N–H and O–H groups in total. The normalized spacial score (nSPS) is 12.3. The van der Waals surface area contributed by atoms with E-state index in [1.807, 2.05) is 26.1 Å². The molecule has 2 rings (SSSR count). The second kappa shape index (κ2) is 7.36. The van der Waals surface area contributed by atoms with Crippen LogP contribution in [0.15, 0.2) is 18.5 Å². The molecule has 2 aromatic heterocycles. The lowest BCUT2D eigenvalue weighted by molar-refractivity contribution is -0.124. The number of thiazole rings is 1. The molecule has 0 fully saturated rings. The number of amides is 1.